The summed E-state index contributed by atoms with van der Waals surface area (Å²) < 4.78 is 5.82. The minimum absolute atomic E-state index is 0.175. The molecule has 0 saturated heterocycles. The highest BCUT2D eigenvalue weighted by atomic mass is 16.5. The number of ether oxygens (including phenoxy) is 1. The molecule has 0 heterocycles. The standard InChI is InChI=1S/C11H21NO/c12-11(6-7-11)8-9-13-10-4-2-1-3-5-10/h10H,1-9,12H2. The van der Waals surface area contributed by atoms with Gasteiger partial charge in [0, 0.05) is 12.1 Å². The molecule has 2 aliphatic rings. The van der Waals surface area contributed by atoms with Crippen molar-refractivity contribution in [3.8, 4) is 0 Å². The molecule has 0 unspecified atom stereocenters. The van der Waals surface area contributed by atoms with Crippen LogP contribution in [-0.2, 0) is 4.74 Å². The summed E-state index contributed by atoms with van der Waals surface area (Å²) in [4.78, 5) is 0. The minimum Gasteiger partial charge on any atom is -0.378 e. The van der Waals surface area contributed by atoms with E-state index >= 15 is 0 Å². The van der Waals surface area contributed by atoms with E-state index in [1.807, 2.05) is 0 Å². The second-order valence-electron chi connectivity index (χ2n) is 4.74. The predicted molar refractivity (Wildman–Crippen MR) is 53.6 cm³/mol. The monoisotopic (exact) mass is 183 g/mol. The van der Waals surface area contributed by atoms with Crippen molar-refractivity contribution in [2.45, 2.75) is 63.0 Å². The molecular formula is C11H21NO. The predicted octanol–water partition coefficient (Wildman–Crippen LogP) is 2.22. The van der Waals surface area contributed by atoms with Crippen LogP contribution in [0.25, 0.3) is 0 Å². The Kier molecular flexibility index (Phi) is 2.89. The first-order chi connectivity index (χ1) is 6.29. The molecule has 2 N–H and O–H groups in total. The maximum Gasteiger partial charge on any atom is 0.0575 e. The average Bonchev–Trinajstić information content (AvgIpc) is 2.86. The third-order valence-electron chi connectivity index (χ3n) is 3.40. The summed E-state index contributed by atoms with van der Waals surface area (Å²) in [6.45, 7) is 0.890. The van der Waals surface area contributed by atoms with Crippen molar-refractivity contribution in [1.82, 2.24) is 0 Å². The van der Waals surface area contributed by atoms with Crippen molar-refractivity contribution in [3.05, 3.63) is 0 Å². The van der Waals surface area contributed by atoms with E-state index in [-0.39, 0.29) is 5.54 Å². The van der Waals surface area contributed by atoms with E-state index in [4.69, 9.17) is 10.5 Å². The smallest absolute Gasteiger partial charge is 0.0575 e. The minimum atomic E-state index is 0.175. The summed E-state index contributed by atoms with van der Waals surface area (Å²) in [5.41, 5.74) is 6.16. The summed E-state index contributed by atoms with van der Waals surface area (Å²) in [6.07, 6.45) is 10.7. The fourth-order valence-corrected chi connectivity index (χ4v) is 2.07. The van der Waals surface area contributed by atoms with Crippen molar-refractivity contribution < 1.29 is 4.74 Å². The van der Waals surface area contributed by atoms with Gasteiger partial charge in [-0.3, -0.25) is 0 Å². The van der Waals surface area contributed by atoms with E-state index < -0.39 is 0 Å². The van der Waals surface area contributed by atoms with Crippen molar-refractivity contribution >= 4 is 0 Å². The van der Waals surface area contributed by atoms with Crippen LogP contribution in [0.15, 0.2) is 0 Å². The van der Waals surface area contributed by atoms with E-state index in [1.165, 1.54) is 44.9 Å². The maximum absolute atomic E-state index is 5.98. The maximum atomic E-state index is 5.98. The lowest BCUT2D eigenvalue weighted by molar-refractivity contribution is 0.0239. The number of hydrogen-bond donors (Lipinski definition) is 1. The van der Waals surface area contributed by atoms with Gasteiger partial charge in [-0.25, -0.2) is 0 Å². The second kappa shape index (κ2) is 3.97. The van der Waals surface area contributed by atoms with Gasteiger partial charge < -0.3 is 10.5 Å². The van der Waals surface area contributed by atoms with Crippen LogP contribution in [0.5, 0.6) is 0 Å². The normalized spacial score (nSPS) is 27.5. The average molecular weight is 183 g/mol. The molecule has 2 fully saturated rings. The van der Waals surface area contributed by atoms with Gasteiger partial charge in [-0.15, -0.1) is 0 Å². The molecule has 0 aromatic carbocycles. The van der Waals surface area contributed by atoms with Crippen molar-refractivity contribution in [2.75, 3.05) is 6.61 Å². The zero-order valence-corrected chi connectivity index (χ0v) is 8.43. The van der Waals surface area contributed by atoms with Crippen LogP contribution in [0.4, 0.5) is 0 Å². The van der Waals surface area contributed by atoms with E-state index in [0.29, 0.717) is 6.10 Å². The van der Waals surface area contributed by atoms with Gasteiger partial charge in [0.05, 0.1) is 6.10 Å². The third kappa shape index (κ3) is 2.96. The molecule has 2 nitrogen and oxygen atoms in total. The summed E-state index contributed by atoms with van der Waals surface area (Å²) in [5, 5.41) is 0. The Balaban J connectivity index is 1.56. The van der Waals surface area contributed by atoms with Crippen LogP contribution >= 0.6 is 0 Å². The van der Waals surface area contributed by atoms with Gasteiger partial charge in [-0.2, -0.15) is 0 Å². The molecule has 2 aliphatic carbocycles. The van der Waals surface area contributed by atoms with Crippen LogP contribution in [0.3, 0.4) is 0 Å². The highest BCUT2D eigenvalue weighted by Crippen LogP contribution is 2.35. The first kappa shape index (κ1) is 9.47. The molecule has 0 aliphatic heterocycles. The molecule has 0 amide bonds. The van der Waals surface area contributed by atoms with Crippen molar-refractivity contribution in [3.63, 3.8) is 0 Å². The molecule has 2 heteroatoms. The summed E-state index contributed by atoms with van der Waals surface area (Å²) in [7, 11) is 0. The second-order valence-corrected chi connectivity index (χ2v) is 4.74. The first-order valence-corrected chi connectivity index (χ1v) is 5.69. The number of rotatable bonds is 4. The van der Waals surface area contributed by atoms with E-state index in [0.717, 1.165) is 13.0 Å². The molecule has 0 bridgehead atoms. The molecule has 0 aromatic rings. The molecule has 0 atom stereocenters. The first-order valence-electron chi connectivity index (χ1n) is 5.69. The fourth-order valence-electron chi connectivity index (χ4n) is 2.07. The van der Waals surface area contributed by atoms with Crippen LogP contribution in [-0.4, -0.2) is 18.2 Å². The summed E-state index contributed by atoms with van der Waals surface area (Å²) in [6, 6.07) is 0. The van der Waals surface area contributed by atoms with E-state index in [2.05, 4.69) is 0 Å². The molecule has 2 saturated carbocycles. The van der Waals surface area contributed by atoms with Crippen LogP contribution < -0.4 is 5.73 Å². The quantitative estimate of drug-likeness (QED) is 0.725. The molecule has 13 heavy (non-hydrogen) atoms. The largest absolute Gasteiger partial charge is 0.378 e. The number of hydrogen-bond acceptors (Lipinski definition) is 2. The van der Waals surface area contributed by atoms with Crippen molar-refractivity contribution in [1.29, 1.82) is 0 Å². The Morgan fingerprint density at radius 1 is 1.15 bits per heavy atom. The summed E-state index contributed by atoms with van der Waals surface area (Å²) >= 11 is 0. The lowest BCUT2D eigenvalue weighted by Crippen LogP contribution is -2.26. The third-order valence-corrected chi connectivity index (χ3v) is 3.40. The van der Waals surface area contributed by atoms with Crippen LogP contribution in [0, 0.1) is 0 Å². The molecule has 0 radical (unpaired) electrons. The molecular weight excluding hydrogens is 162 g/mol. The number of nitrogens with two attached hydrogens (primary N) is 1. The Labute approximate surface area is 80.8 Å². The molecule has 2 rings (SSSR count). The van der Waals surface area contributed by atoms with Gasteiger partial charge in [0.1, 0.15) is 0 Å². The topological polar surface area (TPSA) is 35.2 Å². The van der Waals surface area contributed by atoms with Gasteiger partial charge in [-0.05, 0) is 32.1 Å². The molecule has 76 valence electrons. The van der Waals surface area contributed by atoms with E-state index in [9.17, 15) is 0 Å². The fraction of sp³-hybridized carbons (Fsp3) is 1.00. The van der Waals surface area contributed by atoms with Crippen molar-refractivity contribution in [2.24, 2.45) is 5.73 Å². The Bertz CT molecular complexity index is 159. The summed E-state index contributed by atoms with van der Waals surface area (Å²) in [5.74, 6) is 0. The molecule has 0 aromatic heterocycles. The van der Waals surface area contributed by atoms with Crippen LogP contribution in [0.1, 0.15) is 51.4 Å². The van der Waals surface area contributed by atoms with E-state index in [1.54, 1.807) is 0 Å². The van der Waals surface area contributed by atoms with Gasteiger partial charge >= 0.3 is 0 Å². The molecule has 0 spiro atoms. The Hall–Kier alpha value is -0.0800. The zero-order chi connectivity index (χ0) is 9.15. The SMILES string of the molecule is NC1(CCOC2CCCCC2)CC1. The van der Waals surface area contributed by atoms with Gasteiger partial charge in [0.15, 0.2) is 0 Å². The highest BCUT2D eigenvalue weighted by molar-refractivity contribution is 4.98. The van der Waals surface area contributed by atoms with Gasteiger partial charge in [-0.1, -0.05) is 19.3 Å². The van der Waals surface area contributed by atoms with Gasteiger partial charge in [0.25, 0.3) is 0 Å². The Morgan fingerprint density at radius 3 is 2.46 bits per heavy atom. The Morgan fingerprint density at radius 2 is 1.85 bits per heavy atom. The lowest BCUT2D eigenvalue weighted by atomic mass is 9.98. The van der Waals surface area contributed by atoms with Crippen LogP contribution in [0.2, 0.25) is 0 Å². The zero-order valence-electron chi connectivity index (χ0n) is 8.43. The lowest BCUT2D eigenvalue weighted by Gasteiger charge is -2.22. The highest BCUT2D eigenvalue weighted by Gasteiger charge is 2.37. The van der Waals surface area contributed by atoms with Gasteiger partial charge in [0.2, 0.25) is 0 Å².